The van der Waals surface area contributed by atoms with Crippen molar-refractivity contribution < 1.29 is 9.13 Å². The van der Waals surface area contributed by atoms with Gasteiger partial charge >= 0.3 is 0 Å². The summed E-state index contributed by atoms with van der Waals surface area (Å²) in [7, 11) is 1.62. The molecule has 0 unspecified atom stereocenters. The molecular formula is C20H21FN4OS. The van der Waals surface area contributed by atoms with Crippen molar-refractivity contribution in [1.29, 1.82) is 0 Å². The van der Waals surface area contributed by atoms with E-state index in [1.165, 1.54) is 12.1 Å². The monoisotopic (exact) mass is 384 g/mol. The largest absolute Gasteiger partial charge is 0.497 e. The van der Waals surface area contributed by atoms with Crippen molar-refractivity contribution in [1.82, 2.24) is 9.78 Å². The Kier molecular flexibility index (Phi) is 5.71. The van der Waals surface area contributed by atoms with Crippen molar-refractivity contribution in [2.45, 2.75) is 20.4 Å². The van der Waals surface area contributed by atoms with Crippen LogP contribution in [0.1, 0.15) is 17.0 Å². The van der Waals surface area contributed by atoms with E-state index in [0.717, 1.165) is 34.1 Å². The SMILES string of the molecule is COc1cccc(NC(=S)Nc2c(C)nn(Cc3ccc(F)cc3)c2C)c1. The Labute approximate surface area is 163 Å². The Balaban J connectivity index is 1.72. The Morgan fingerprint density at radius 2 is 1.89 bits per heavy atom. The predicted molar refractivity (Wildman–Crippen MR) is 110 cm³/mol. The van der Waals surface area contributed by atoms with Gasteiger partial charge in [0.2, 0.25) is 0 Å². The molecule has 0 aliphatic rings. The molecule has 0 aliphatic heterocycles. The minimum absolute atomic E-state index is 0.247. The third kappa shape index (κ3) is 4.62. The van der Waals surface area contributed by atoms with Gasteiger partial charge in [-0.05, 0) is 55.9 Å². The second-order valence-electron chi connectivity index (χ2n) is 6.14. The summed E-state index contributed by atoms with van der Waals surface area (Å²) >= 11 is 5.43. The van der Waals surface area contributed by atoms with Crippen molar-refractivity contribution in [3.05, 3.63) is 71.3 Å². The molecule has 2 aromatic carbocycles. The minimum atomic E-state index is -0.247. The number of aromatic nitrogens is 2. The van der Waals surface area contributed by atoms with E-state index in [2.05, 4.69) is 15.7 Å². The van der Waals surface area contributed by atoms with Gasteiger partial charge in [0.15, 0.2) is 5.11 Å². The lowest BCUT2D eigenvalue weighted by Gasteiger charge is -2.12. The lowest BCUT2D eigenvalue weighted by Crippen LogP contribution is -2.20. The maximum absolute atomic E-state index is 13.1. The highest BCUT2D eigenvalue weighted by atomic mass is 32.1. The standard InChI is InChI=1S/C20H21FN4OS/c1-13-19(23-20(27)22-17-5-4-6-18(11-17)26-3)14(2)25(24-13)12-15-7-9-16(21)10-8-15/h4-11H,12H2,1-3H3,(H2,22,23,27). The fraction of sp³-hybridized carbons (Fsp3) is 0.200. The van der Waals surface area contributed by atoms with Crippen molar-refractivity contribution >= 4 is 28.7 Å². The van der Waals surface area contributed by atoms with Gasteiger partial charge in [-0.1, -0.05) is 18.2 Å². The number of halogens is 1. The first-order valence-electron chi connectivity index (χ1n) is 8.47. The van der Waals surface area contributed by atoms with Crippen molar-refractivity contribution in [3.8, 4) is 5.75 Å². The molecule has 0 spiro atoms. The number of nitrogens with zero attached hydrogens (tertiary/aromatic N) is 2. The van der Waals surface area contributed by atoms with Crippen LogP contribution in [-0.4, -0.2) is 22.0 Å². The van der Waals surface area contributed by atoms with Crippen LogP contribution in [0.4, 0.5) is 15.8 Å². The number of methoxy groups -OCH3 is 1. The van der Waals surface area contributed by atoms with Crippen LogP contribution < -0.4 is 15.4 Å². The van der Waals surface area contributed by atoms with Crippen LogP contribution in [0.25, 0.3) is 0 Å². The lowest BCUT2D eigenvalue weighted by atomic mass is 10.2. The van der Waals surface area contributed by atoms with Crippen LogP contribution in [0.15, 0.2) is 48.5 Å². The van der Waals surface area contributed by atoms with Crippen LogP contribution in [-0.2, 0) is 6.54 Å². The van der Waals surface area contributed by atoms with Gasteiger partial charge in [-0.3, -0.25) is 4.68 Å². The van der Waals surface area contributed by atoms with Gasteiger partial charge in [0, 0.05) is 11.8 Å². The van der Waals surface area contributed by atoms with E-state index in [0.29, 0.717) is 11.7 Å². The molecule has 1 heterocycles. The zero-order chi connectivity index (χ0) is 19.4. The predicted octanol–water partition coefficient (Wildman–Crippen LogP) is 4.50. The van der Waals surface area contributed by atoms with Crippen molar-refractivity contribution in [3.63, 3.8) is 0 Å². The zero-order valence-electron chi connectivity index (χ0n) is 15.4. The van der Waals surface area contributed by atoms with E-state index in [1.54, 1.807) is 19.2 Å². The maximum atomic E-state index is 13.1. The fourth-order valence-electron chi connectivity index (χ4n) is 2.77. The number of anilines is 2. The average Bonchev–Trinajstić information content (AvgIpc) is 2.91. The molecular weight excluding hydrogens is 363 g/mol. The number of hydrogen-bond donors (Lipinski definition) is 2. The Hall–Kier alpha value is -2.93. The van der Waals surface area contributed by atoms with Gasteiger partial charge < -0.3 is 15.4 Å². The third-order valence-electron chi connectivity index (χ3n) is 4.19. The average molecular weight is 384 g/mol. The van der Waals surface area contributed by atoms with Crippen LogP contribution >= 0.6 is 12.2 Å². The number of thiocarbonyl (C=S) groups is 1. The van der Waals surface area contributed by atoms with Crippen LogP contribution in [0.5, 0.6) is 5.75 Å². The number of nitrogens with one attached hydrogen (secondary N) is 2. The molecule has 3 aromatic rings. The van der Waals surface area contributed by atoms with Gasteiger partial charge in [-0.15, -0.1) is 0 Å². The highest BCUT2D eigenvalue weighted by Gasteiger charge is 2.13. The summed E-state index contributed by atoms with van der Waals surface area (Å²) in [6, 6.07) is 14.0. The second kappa shape index (κ2) is 8.18. The van der Waals surface area contributed by atoms with E-state index < -0.39 is 0 Å². The molecule has 2 N–H and O–H groups in total. The van der Waals surface area contributed by atoms with Crippen molar-refractivity contribution in [2.75, 3.05) is 17.7 Å². The molecule has 0 saturated heterocycles. The van der Waals surface area contributed by atoms with E-state index in [4.69, 9.17) is 17.0 Å². The van der Waals surface area contributed by atoms with E-state index in [1.807, 2.05) is 42.8 Å². The maximum Gasteiger partial charge on any atom is 0.175 e. The quantitative estimate of drug-likeness (QED) is 0.634. The molecule has 1 aromatic heterocycles. The van der Waals surface area contributed by atoms with Gasteiger partial charge in [0.25, 0.3) is 0 Å². The third-order valence-corrected chi connectivity index (χ3v) is 4.40. The molecule has 0 amide bonds. The van der Waals surface area contributed by atoms with Gasteiger partial charge in [0.1, 0.15) is 11.6 Å². The summed E-state index contributed by atoms with van der Waals surface area (Å²) in [6.07, 6.45) is 0. The summed E-state index contributed by atoms with van der Waals surface area (Å²) in [5, 5.41) is 11.4. The van der Waals surface area contributed by atoms with E-state index in [9.17, 15) is 4.39 Å². The number of ether oxygens (including phenoxy) is 1. The van der Waals surface area contributed by atoms with Crippen LogP contribution in [0.3, 0.4) is 0 Å². The summed E-state index contributed by atoms with van der Waals surface area (Å²) < 4.78 is 20.2. The highest BCUT2D eigenvalue weighted by molar-refractivity contribution is 7.80. The smallest absolute Gasteiger partial charge is 0.175 e. The van der Waals surface area contributed by atoms with Gasteiger partial charge in [-0.25, -0.2) is 4.39 Å². The lowest BCUT2D eigenvalue weighted by molar-refractivity contribution is 0.415. The summed E-state index contributed by atoms with van der Waals surface area (Å²) in [5.41, 5.74) is 4.46. The normalized spacial score (nSPS) is 10.5. The van der Waals surface area contributed by atoms with E-state index in [-0.39, 0.29) is 5.82 Å². The van der Waals surface area contributed by atoms with Gasteiger partial charge in [-0.2, -0.15) is 5.10 Å². The molecule has 0 aliphatic carbocycles. The second-order valence-corrected chi connectivity index (χ2v) is 6.55. The Morgan fingerprint density at radius 1 is 1.15 bits per heavy atom. The molecule has 5 nitrogen and oxygen atoms in total. The minimum Gasteiger partial charge on any atom is -0.497 e. The molecule has 0 radical (unpaired) electrons. The van der Waals surface area contributed by atoms with Crippen LogP contribution in [0, 0.1) is 19.7 Å². The Morgan fingerprint density at radius 3 is 2.59 bits per heavy atom. The van der Waals surface area contributed by atoms with Gasteiger partial charge in [0.05, 0.1) is 30.7 Å². The summed E-state index contributed by atoms with van der Waals surface area (Å²) in [6.45, 7) is 4.45. The number of rotatable bonds is 5. The number of benzene rings is 2. The first-order chi connectivity index (χ1) is 13.0. The molecule has 0 fully saturated rings. The molecule has 140 valence electrons. The van der Waals surface area contributed by atoms with Crippen molar-refractivity contribution in [2.24, 2.45) is 0 Å². The molecule has 3 rings (SSSR count). The molecule has 0 saturated carbocycles. The summed E-state index contributed by atoms with van der Waals surface area (Å²) in [5.74, 6) is 0.505. The number of hydrogen-bond acceptors (Lipinski definition) is 3. The van der Waals surface area contributed by atoms with E-state index >= 15 is 0 Å². The Bertz CT molecular complexity index is 953. The first kappa shape index (κ1) is 18.8. The topological polar surface area (TPSA) is 51.1 Å². The molecule has 0 bridgehead atoms. The fourth-order valence-corrected chi connectivity index (χ4v) is 2.99. The number of aryl methyl sites for hydroxylation is 1. The zero-order valence-corrected chi connectivity index (χ0v) is 16.2. The molecule has 7 heteroatoms. The highest BCUT2D eigenvalue weighted by Crippen LogP contribution is 2.22. The van der Waals surface area contributed by atoms with Crippen LogP contribution in [0.2, 0.25) is 0 Å². The molecule has 27 heavy (non-hydrogen) atoms. The first-order valence-corrected chi connectivity index (χ1v) is 8.87. The molecule has 0 atom stereocenters. The summed E-state index contributed by atoms with van der Waals surface area (Å²) in [4.78, 5) is 0.